The second kappa shape index (κ2) is 6.91. The topological polar surface area (TPSA) is 46.6 Å². The maximum Gasteiger partial charge on any atom is 0.252 e. The Kier molecular flexibility index (Phi) is 5.43. The Labute approximate surface area is 137 Å². The Morgan fingerprint density at radius 1 is 1.19 bits per heavy atom. The Hall–Kier alpha value is -0.890. The number of hydrogen-bond acceptors (Lipinski definition) is 4. The van der Waals surface area contributed by atoms with Gasteiger partial charge in [0.05, 0.1) is 10.4 Å². The van der Waals surface area contributed by atoms with Gasteiger partial charge in [-0.2, -0.15) is 4.31 Å². The van der Waals surface area contributed by atoms with Gasteiger partial charge in [-0.25, -0.2) is 8.42 Å². The molecule has 0 bridgehead atoms. The van der Waals surface area contributed by atoms with Crippen molar-refractivity contribution in [1.82, 2.24) is 4.31 Å². The second-order valence-corrected chi connectivity index (χ2v) is 9.13. The van der Waals surface area contributed by atoms with Crippen molar-refractivity contribution in [3.8, 4) is 5.75 Å². The van der Waals surface area contributed by atoms with Gasteiger partial charge < -0.3 is 4.74 Å². The van der Waals surface area contributed by atoms with Crippen molar-refractivity contribution in [2.24, 2.45) is 0 Å². The van der Waals surface area contributed by atoms with E-state index < -0.39 is 10.0 Å². The quantitative estimate of drug-likeness (QED) is 0.755. The molecule has 0 atom stereocenters. The zero-order chi connectivity index (χ0) is 15.5. The van der Waals surface area contributed by atoms with Crippen LogP contribution in [0.4, 0.5) is 0 Å². The molecule has 0 saturated heterocycles. The second-order valence-electron chi connectivity index (χ2n) is 4.40. The van der Waals surface area contributed by atoms with E-state index in [4.69, 9.17) is 4.74 Å². The third-order valence-corrected chi connectivity index (χ3v) is 6.75. The van der Waals surface area contributed by atoms with Crippen LogP contribution in [0, 0.1) is 0 Å². The minimum absolute atomic E-state index is 0.324. The number of sulfonamides is 1. The highest BCUT2D eigenvalue weighted by atomic mass is 79.9. The van der Waals surface area contributed by atoms with Crippen molar-refractivity contribution < 1.29 is 13.2 Å². The number of ether oxygens (including phenoxy) is 1. The first-order chi connectivity index (χ1) is 9.93. The fraction of sp³-hybridized carbons (Fsp3) is 0.286. The molecule has 0 fully saturated rings. The molecular formula is C14H16BrNO3S2. The van der Waals surface area contributed by atoms with Crippen molar-refractivity contribution in [3.05, 3.63) is 45.7 Å². The maximum absolute atomic E-state index is 12.4. The minimum Gasteiger partial charge on any atom is -0.494 e. The van der Waals surface area contributed by atoms with Gasteiger partial charge in [-0.15, -0.1) is 11.3 Å². The van der Waals surface area contributed by atoms with Crippen LogP contribution in [0.1, 0.15) is 12.5 Å². The highest BCUT2D eigenvalue weighted by Gasteiger charge is 2.22. The van der Waals surface area contributed by atoms with Gasteiger partial charge in [0.1, 0.15) is 9.96 Å². The molecule has 1 aromatic heterocycles. The smallest absolute Gasteiger partial charge is 0.252 e. The molecule has 0 aliphatic heterocycles. The molecule has 0 aliphatic carbocycles. The number of thiophene rings is 1. The molecule has 114 valence electrons. The van der Waals surface area contributed by atoms with Crippen LogP contribution in [0.3, 0.4) is 0 Å². The monoisotopic (exact) mass is 389 g/mol. The van der Waals surface area contributed by atoms with Crippen LogP contribution in [-0.2, 0) is 16.6 Å². The van der Waals surface area contributed by atoms with E-state index in [9.17, 15) is 8.42 Å². The molecule has 2 aromatic rings. The molecule has 7 heteroatoms. The lowest BCUT2D eigenvalue weighted by Gasteiger charge is -2.16. The van der Waals surface area contributed by atoms with Gasteiger partial charge in [0.2, 0.25) is 0 Å². The molecule has 4 nitrogen and oxygen atoms in total. The Morgan fingerprint density at radius 2 is 1.86 bits per heavy atom. The molecule has 0 saturated carbocycles. The van der Waals surface area contributed by atoms with Gasteiger partial charge in [-0.05, 0) is 52.7 Å². The van der Waals surface area contributed by atoms with E-state index in [2.05, 4.69) is 15.9 Å². The molecule has 0 spiro atoms. The maximum atomic E-state index is 12.4. The van der Waals surface area contributed by atoms with Gasteiger partial charge in [-0.3, -0.25) is 0 Å². The Balaban J connectivity index is 2.11. The molecule has 0 N–H and O–H groups in total. The SMILES string of the molecule is CCOc1ccc(CN(C)S(=O)(=O)c2ccc(Br)s2)cc1. The number of benzene rings is 1. The van der Waals surface area contributed by atoms with Crippen LogP contribution >= 0.6 is 27.3 Å². The fourth-order valence-corrected chi connectivity index (χ4v) is 5.17. The summed E-state index contributed by atoms with van der Waals surface area (Å²) >= 11 is 4.49. The molecule has 0 radical (unpaired) electrons. The predicted octanol–water partition coefficient (Wildman–Crippen LogP) is 3.73. The highest BCUT2D eigenvalue weighted by molar-refractivity contribution is 9.11. The first kappa shape index (κ1) is 16.5. The summed E-state index contributed by atoms with van der Waals surface area (Å²) in [6.45, 7) is 2.86. The molecular weight excluding hydrogens is 374 g/mol. The molecule has 1 aromatic carbocycles. The third-order valence-electron chi connectivity index (χ3n) is 2.85. The minimum atomic E-state index is -3.45. The first-order valence-corrected chi connectivity index (χ1v) is 9.42. The van der Waals surface area contributed by atoms with Crippen LogP contribution in [0.15, 0.2) is 44.4 Å². The third kappa shape index (κ3) is 4.06. The number of hydrogen-bond donors (Lipinski definition) is 0. The van der Waals surface area contributed by atoms with Crippen molar-refractivity contribution in [1.29, 1.82) is 0 Å². The van der Waals surface area contributed by atoms with E-state index in [1.807, 2.05) is 31.2 Å². The van der Waals surface area contributed by atoms with Crippen LogP contribution < -0.4 is 4.74 Å². The Bertz CT molecular complexity index is 695. The van der Waals surface area contributed by atoms with Crippen molar-refractivity contribution in [2.75, 3.05) is 13.7 Å². The zero-order valence-electron chi connectivity index (χ0n) is 11.7. The lowest BCUT2D eigenvalue weighted by Crippen LogP contribution is -2.25. The normalized spacial score (nSPS) is 11.8. The average molecular weight is 390 g/mol. The summed E-state index contributed by atoms with van der Waals surface area (Å²) in [5, 5.41) is 0. The van der Waals surface area contributed by atoms with Crippen molar-refractivity contribution in [3.63, 3.8) is 0 Å². The van der Waals surface area contributed by atoms with Gasteiger partial charge in [0, 0.05) is 13.6 Å². The molecule has 0 unspecified atom stereocenters. The fourth-order valence-electron chi connectivity index (χ4n) is 1.79. The lowest BCUT2D eigenvalue weighted by molar-refractivity contribution is 0.340. The summed E-state index contributed by atoms with van der Waals surface area (Å²) in [7, 11) is -1.86. The predicted molar refractivity (Wildman–Crippen MR) is 88.3 cm³/mol. The molecule has 21 heavy (non-hydrogen) atoms. The summed E-state index contributed by atoms with van der Waals surface area (Å²) in [5.74, 6) is 0.786. The summed E-state index contributed by atoms with van der Waals surface area (Å²) in [4.78, 5) is 0. The Morgan fingerprint density at radius 3 is 2.38 bits per heavy atom. The van der Waals surface area contributed by atoms with Crippen LogP contribution in [-0.4, -0.2) is 26.4 Å². The molecule has 0 amide bonds. The van der Waals surface area contributed by atoms with E-state index in [1.54, 1.807) is 19.2 Å². The van der Waals surface area contributed by atoms with Gasteiger partial charge >= 0.3 is 0 Å². The van der Waals surface area contributed by atoms with Gasteiger partial charge in [-0.1, -0.05) is 12.1 Å². The molecule has 2 rings (SSSR count). The van der Waals surface area contributed by atoms with E-state index >= 15 is 0 Å². The number of halogens is 1. The highest BCUT2D eigenvalue weighted by Crippen LogP contribution is 2.28. The van der Waals surface area contributed by atoms with E-state index in [-0.39, 0.29) is 0 Å². The van der Waals surface area contributed by atoms with E-state index in [0.29, 0.717) is 17.4 Å². The molecule has 1 heterocycles. The van der Waals surface area contributed by atoms with Gasteiger partial charge in [0.15, 0.2) is 0 Å². The van der Waals surface area contributed by atoms with Gasteiger partial charge in [0.25, 0.3) is 10.0 Å². The van der Waals surface area contributed by atoms with Crippen LogP contribution in [0.5, 0.6) is 5.75 Å². The van der Waals surface area contributed by atoms with Crippen molar-refractivity contribution >= 4 is 37.3 Å². The van der Waals surface area contributed by atoms with E-state index in [1.165, 1.54) is 15.6 Å². The standard InChI is InChI=1S/C14H16BrNO3S2/c1-3-19-12-6-4-11(5-7-12)10-16(2)21(17,18)14-9-8-13(15)20-14/h4-9H,3,10H2,1-2H3. The summed E-state index contributed by atoms with van der Waals surface area (Å²) in [6.07, 6.45) is 0. The largest absolute Gasteiger partial charge is 0.494 e. The summed E-state index contributed by atoms with van der Waals surface area (Å²) in [6, 6.07) is 10.8. The first-order valence-electron chi connectivity index (χ1n) is 6.37. The number of rotatable bonds is 6. The summed E-state index contributed by atoms with van der Waals surface area (Å²) < 4.78 is 32.7. The number of nitrogens with zero attached hydrogens (tertiary/aromatic N) is 1. The van der Waals surface area contributed by atoms with Crippen LogP contribution in [0.25, 0.3) is 0 Å². The van der Waals surface area contributed by atoms with Crippen molar-refractivity contribution in [2.45, 2.75) is 17.7 Å². The lowest BCUT2D eigenvalue weighted by atomic mass is 10.2. The average Bonchev–Trinajstić information content (AvgIpc) is 2.88. The zero-order valence-corrected chi connectivity index (χ0v) is 15.0. The van der Waals surface area contributed by atoms with Crippen LogP contribution in [0.2, 0.25) is 0 Å². The molecule has 0 aliphatic rings. The summed E-state index contributed by atoms with van der Waals surface area (Å²) in [5.41, 5.74) is 0.917. The van der Waals surface area contributed by atoms with E-state index in [0.717, 1.165) is 15.1 Å².